The standard InChI is InChI=1S/C21H26N2O3.ClH/c1-15-11-16(2)13-19(12-15)26-18-5-3-17(4-6-18)23-20(24)21(14-22)7-9-25-10-8-21;/h3-6,11-13H,7-10,14,22H2,1-2H3,(H,23,24);1H. The predicted octanol–water partition coefficient (Wildman–Crippen LogP) is 4.21. The molecule has 0 aliphatic carbocycles. The van der Waals surface area contributed by atoms with Crippen LogP contribution in [0.4, 0.5) is 5.69 Å². The lowest BCUT2D eigenvalue weighted by molar-refractivity contribution is -0.130. The van der Waals surface area contributed by atoms with Crippen LogP contribution >= 0.6 is 12.4 Å². The van der Waals surface area contributed by atoms with Crippen molar-refractivity contribution in [3.8, 4) is 11.5 Å². The molecule has 27 heavy (non-hydrogen) atoms. The Morgan fingerprint density at radius 2 is 1.67 bits per heavy atom. The van der Waals surface area contributed by atoms with E-state index >= 15 is 0 Å². The van der Waals surface area contributed by atoms with Gasteiger partial charge in [-0.25, -0.2) is 0 Å². The Morgan fingerprint density at radius 3 is 2.22 bits per heavy atom. The molecule has 1 amide bonds. The molecule has 0 spiro atoms. The van der Waals surface area contributed by atoms with Gasteiger partial charge in [-0.15, -0.1) is 12.4 Å². The fraction of sp³-hybridized carbons (Fsp3) is 0.381. The van der Waals surface area contributed by atoms with Gasteiger partial charge in [0.1, 0.15) is 11.5 Å². The molecule has 3 N–H and O–H groups in total. The Balaban J connectivity index is 0.00000261. The van der Waals surface area contributed by atoms with Crippen LogP contribution in [-0.4, -0.2) is 25.7 Å². The van der Waals surface area contributed by atoms with Crippen LogP contribution in [0.2, 0.25) is 0 Å². The second-order valence-corrected chi connectivity index (χ2v) is 7.00. The molecule has 0 bridgehead atoms. The van der Waals surface area contributed by atoms with E-state index in [-0.39, 0.29) is 18.3 Å². The number of carbonyl (C=O) groups excluding carboxylic acids is 1. The zero-order valence-electron chi connectivity index (χ0n) is 15.8. The molecule has 1 aliphatic rings. The van der Waals surface area contributed by atoms with Gasteiger partial charge in [-0.3, -0.25) is 4.79 Å². The van der Waals surface area contributed by atoms with Gasteiger partial charge in [-0.05, 0) is 74.2 Å². The molecule has 3 rings (SSSR count). The fourth-order valence-electron chi connectivity index (χ4n) is 3.28. The first kappa shape index (κ1) is 21.2. The van der Waals surface area contributed by atoms with Gasteiger partial charge < -0.3 is 20.5 Å². The zero-order valence-corrected chi connectivity index (χ0v) is 16.6. The quantitative estimate of drug-likeness (QED) is 0.801. The number of aryl methyl sites for hydroxylation is 2. The maximum absolute atomic E-state index is 12.7. The lowest BCUT2D eigenvalue weighted by Gasteiger charge is -2.34. The summed E-state index contributed by atoms with van der Waals surface area (Å²) in [5.41, 5.74) is 8.41. The monoisotopic (exact) mass is 390 g/mol. The highest BCUT2D eigenvalue weighted by Gasteiger charge is 2.38. The third-order valence-corrected chi connectivity index (χ3v) is 4.87. The van der Waals surface area contributed by atoms with Crippen LogP contribution < -0.4 is 15.8 Å². The summed E-state index contributed by atoms with van der Waals surface area (Å²) >= 11 is 0. The molecule has 2 aromatic carbocycles. The van der Waals surface area contributed by atoms with Crippen molar-refractivity contribution in [1.82, 2.24) is 0 Å². The molecule has 6 heteroatoms. The van der Waals surface area contributed by atoms with Crippen LogP contribution in [0.1, 0.15) is 24.0 Å². The molecule has 0 radical (unpaired) electrons. The number of anilines is 1. The van der Waals surface area contributed by atoms with Crippen molar-refractivity contribution in [2.45, 2.75) is 26.7 Å². The average molecular weight is 391 g/mol. The molecule has 1 aliphatic heterocycles. The van der Waals surface area contributed by atoms with Crippen molar-refractivity contribution in [3.63, 3.8) is 0 Å². The highest BCUT2D eigenvalue weighted by atomic mass is 35.5. The molecule has 0 aromatic heterocycles. The van der Waals surface area contributed by atoms with Gasteiger partial charge in [-0.1, -0.05) is 6.07 Å². The zero-order chi connectivity index (χ0) is 18.6. The molecule has 0 saturated carbocycles. The van der Waals surface area contributed by atoms with Gasteiger partial charge in [0.15, 0.2) is 0 Å². The summed E-state index contributed by atoms with van der Waals surface area (Å²) in [4.78, 5) is 12.7. The minimum atomic E-state index is -0.535. The number of nitrogens with two attached hydrogens (primary N) is 1. The van der Waals surface area contributed by atoms with Crippen molar-refractivity contribution in [2.75, 3.05) is 25.1 Å². The normalized spacial score (nSPS) is 15.5. The molecular formula is C21H27ClN2O3. The summed E-state index contributed by atoms with van der Waals surface area (Å²) < 4.78 is 11.3. The predicted molar refractivity (Wildman–Crippen MR) is 110 cm³/mol. The Labute approximate surface area is 166 Å². The van der Waals surface area contributed by atoms with Gasteiger partial charge in [-0.2, -0.15) is 0 Å². The van der Waals surface area contributed by atoms with E-state index in [0.717, 1.165) is 28.3 Å². The number of hydrogen-bond acceptors (Lipinski definition) is 4. The first-order valence-corrected chi connectivity index (χ1v) is 8.96. The lowest BCUT2D eigenvalue weighted by atomic mass is 9.79. The highest BCUT2D eigenvalue weighted by molar-refractivity contribution is 5.95. The van der Waals surface area contributed by atoms with Gasteiger partial charge in [0.2, 0.25) is 5.91 Å². The summed E-state index contributed by atoms with van der Waals surface area (Å²) in [5, 5.41) is 2.98. The van der Waals surface area contributed by atoms with E-state index in [0.29, 0.717) is 32.6 Å². The molecule has 0 unspecified atom stereocenters. The van der Waals surface area contributed by atoms with E-state index in [1.165, 1.54) is 0 Å². The summed E-state index contributed by atoms with van der Waals surface area (Å²) in [6, 6.07) is 13.5. The SMILES string of the molecule is Cc1cc(C)cc(Oc2ccc(NC(=O)C3(CN)CCOCC3)cc2)c1.Cl. The molecule has 0 atom stereocenters. The summed E-state index contributed by atoms with van der Waals surface area (Å²) in [6.45, 7) is 5.57. The lowest BCUT2D eigenvalue weighted by Crippen LogP contribution is -2.46. The minimum Gasteiger partial charge on any atom is -0.457 e. The topological polar surface area (TPSA) is 73.6 Å². The first-order valence-electron chi connectivity index (χ1n) is 8.96. The number of nitrogens with one attached hydrogen (secondary N) is 1. The van der Waals surface area contributed by atoms with Crippen LogP contribution in [0, 0.1) is 19.3 Å². The molecule has 1 heterocycles. The number of halogens is 1. The smallest absolute Gasteiger partial charge is 0.232 e. The molecule has 1 saturated heterocycles. The highest BCUT2D eigenvalue weighted by Crippen LogP contribution is 2.31. The number of ether oxygens (including phenoxy) is 2. The van der Waals surface area contributed by atoms with E-state index in [2.05, 4.69) is 11.4 Å². The van der Waals surface area contributed by atoms with Crippen LogP contribution in [0.5, 0.6) is 11.5 Å². The van der Waals surface area contributed by atoms with Crippen molar-refractivity contribution >= 4 is 24.0 Å². The van der Waals surface area contributed by atoms with Crippen molar-refractivity contribution in [2.24, 2.45) is 11.1 Å². The molecule has 1 fully saturated rings. The summed E-state index contributed by atoms with van der Waals surface area (Å²) in [7, 11) is 0. The van der Waals surface area contributed by atoms with Gasteiger partial charge in [0.25, 0.3) is 0 Å². The largest absolute Gasteiger partial charge is 0.457 e. The van der Waals surface area contributed by atoms with Crippen LogP contribution in [-0.2, 0) is 9.53 Å². The van der Waals surface area contributed by atoms with E-state index in [4.69, 9.17) is 15.2 Å². The maximum atomic E-state index is 12.7. The number of carbonyl (C=O) groups is 1. The van der Waals surface area contributed by atoms with E-state index in [1.54, 1.807) is 0 Å². The summed E-state index contributed by atoms with van der Waals surface area (Å²) in [5.74, 6) is 1.50. The fourth-order valence-corrected chi connectivity index (χ4v) is 3.28. The number of hydrogen-bond donors (Lipinski definition) is 2. The van der Waals surface area contributed by atoms with Crippen LogP contribution in [0.3, 0.4) is 0 Å². The second-order valence-electron chi connectivity index (χ2n) is 7.00. The number of rotatable bonds is 5. The third-order valence-electron chi connectivity index (χ3n) is 4.87. The molecule has 2 aromatic rings. The Morgan fingerprint density at radius 1 is 1.07 bits per heavy atom. The molecule has 5 nitrogen and oxygen atoms in total. The Bertz CT molecular complexity index is 751. The number of benzene rings is 2. The van der Waals surface area contributed by atoms with E-state index in [9.17, 15) is 4.79 Å². The summed E-state index contributed by atoms with van der Waals surface area (Å²) in [6.07, 6.45) is 1.31. The van der Waals surface area contributed by atoms with Crippen LogP contribution in [0.25, 0.3) is 0 Å². The van der Waals surface area contributed by atoms with E-state index in [1.807, 2.05) is 50.2 Å². The van der Waals surface area contributed by atoms with Crippen molar-refractivity contribution < 1.29 is 14.3 Å². The van der Waals surface area contributed by atoms with Gasteiger partial charge in [0.05, 0.1) is 5.41 Å². The van der Waals surface area contributed by atoms with Crippen molar-refractivity contribution in [1.29, 1.82) is 0 Å². The average Bonchev–Trinajstić information content (AvgIpc) is 2.63. The second kappa shape index (κ2) is 9.22. The Hall–Kier alpha value is -2.08. The van der Waals surface area contributed by atoms with Crippen molar-refractivity contribution in [3.05, 3.63) is 53.6 Å². The third kappa shape index (κ3) is 5.22. The first-order chi connectivity index (χ1) is 12.5. The molecule has 146 valence electrons. The van der Waals surface area contributed by atoms with Crippen LogP contribution in [0.15, 0.2) is 42.5 Å². The van der Waals surface area contributed by atoms with Gasteiger partial charge >= 0.3 is 0 Å². The van der Waals surface area contributed by atoms with E-state index < -0.39 is 5.41 Å². The minimum absolute atomic E-state index is 0. The number of amides is 1. The van der Waals surface area contributed by atoms with Gasteiger partial charge in [0, 0.05) is 25.4 Å². The molecular weight excluding hydrogens is 364 g/mol. The maximum Gasteiger partial charge on any atom is 0.232 e. The Kier molecular flexibility index (Phi) is 7.25.